The quantitative estimate of drug-likeness (QED) is 0.870. The van der Waals surface area contributed by atoms with Crippen molar-refractivity contribution in [3.63, 3.8) is 0 Å². The molecule has 3 heterocycles. The molecule has 26 heavy (non-hydrogen) atoms. The van der Waals surface area contributed by atoms with Crippen molar-refractivity contribution >= 4 is 23.2 Å². The number of carbonyl (C=O) groups is 3. The molecule has 0 spiro atoms. The van der Waals surface area contributed by atoms with Crippen LogP contribution in [-0.2, 0) is 4.79 Å². The standard InChI is InChI=1S/C18H21N5O3/c1-12(24)21-8-10-22(11-9-21)18(26)16-20-15(17(25)19-13-5-6-13)14-4-2-3-7-23(14)16/h2-4,7,13H,5-6,8-11H2,1H3,(H,19,25). The molecule has 0 aromatic carbocycles. The van der Waals surface area contributed by atoms with E-state index in [-0.39, 0.29) is 35.3 Å². The van der Waals surface area contributed by atoms with Crippen LogP contribution in [0.2, 0.25) is 0 Å². The molecule has 3 amide bonds. The molecule has 0 radical (unpaired) electrons. The highest BCUT2D eigenvalue weighted by Gasteiger charge is 2.30. The minimum atomic E-state index is -0.239. The van der Waals surface area contributed by atoms with Gasteiger partial charge >= 0.3 is 0 Å². The zero-order valence-corrected chi connectivity index (χ0v) is 14.6. The van der Waals surface area contributed by atoms with Gasteiger partial charge in [-0.15, -0.1) is 0 Å². The Kier molecular flexibility index (Phi) is 4.10. The average Bonchev–Trinajstić information content (AvgIpc) is 3.38. The topological polar surface area (TPSA) is 87.0 Å². The molecule has 2 aromatic heterocycles. The van der Waals surface area contributed by atoms with Crippen LogP contribution in [0.5, 0.6) is 0 Å². The fourth-order valence-electron chi connectivity index (χ4n) is 3.20. The lowest BCUT2D eigenvalue weighted by molar-refractivity contribution is -0.130. The van der Waals surface area contributed by atoms with Crippen LogP contribution in [0.3, 0.4) is 0 Å². The number of fused-ring (bicyclic) bond motifs is 1. The van der Waals surface area contributed by atoms with Crippen molar-refractivity contribution < 1.29 is 14.4 Å². The number of piperazine rings is 1. The lowest BCUT2D eigenvalue weighted by Crippen LogP contribution is -2.50. The molecule has 2 aliphatic rings. The molecule has 1 aliphatic carbocycles. The number of amides is 3. The first-order chi connectivity index (χ1) is 12.5. The lowest BCUT2D eigenvalue weighted by atomic mass is 10.3. The summed E-state index contributed by atoms with van der Waals surface area (Å²) in [5.74, 6) is -0.211. The van der Waals surface area contributed by atoms with Crippen LogP contribution in [0, 0.1) is 0 Å². The first-order valence-corrected chi connectivity index (χ1v) is 8.87. The molecular weight excluding hydrogens is 334 g/mol. The van der Waals surface area contributed by atoms with E-state index in [1.165, 1.54) is 6.92 Å². The predicted molar refractivity (Wildman–Crippen MR) is 93.8 cm³/mol. The van der Waals surface area contributed by atoms with E-state index in [1.807, 2.05) is 12.1 Å². The van der Waals surface area contributed by atoms with Crippen LogP contribution >= 0.6 is 0 Å². The van der Waals surface area contributed by atoms with Gasteiger partial charge in [-0.25, -0.2) is 4.98 Å². The molecule has 2 aromatic rings. The van der Waals surface area contributed by atoms with Gasteiger partial charge < -0.3 is 15.1 Å². The Labute approximate surface area is 150 Å². The third kappa shape index (κ3) is 3.02. The number of nitrogens with zero attached hydrogens (tertiary/aromatic N) is 4. The van der Waals surface area contributed by atoms with Gasteiger partial charge in [0.2, 0.25) is 11.7 Å². The summed E-state index contributed by atoms with van der Waals surface area (Å²) in [5, 5.41) is 2.93. The fraction of sp³-hybridized carbons (Fsp3) is 0.444. The van der Waals surface area contributed by atoms with Gasteiger partial charge in [-0.05, 0) is 25.0 Å². The molecule has 2 fully saturated rings. The van der Waals surface area contributed by atoms with E-state index < -0.39 is 0 Å². The maximum atomic E-state index is 13.0. The zero-order valence-electron chi connectivity index (χ0n) is 14.6. The SMILES string of the molecule is CC(=O)N1CCN(C(=O)c2nc(C(=O)NC3CC3)c3ccccn23)CC1. The highest BCUT2D eigenvalue weighted by Crippen LogP contribution is 2.21. The fourth-order valence-corrected chi connectivity index (χ4v) is 3.20. The molecule has 8 heteroatoms. The zero-order chi connectivity index (χ0) is 18.3. The van der Waals surface area contributed by atoms with E-state index >= 15 is 0 Å². The van der Waals surface area contributed by atoms with E-state index in [1.54, 1.807) is 26.5 Å². The van der Waals surface area contributed by atoms with Crippen molar-refractivity contribution in [1.29, 1.82) is 0 Å². The largest absolute Gasteiger partial charge is 0.348 e. The Bertz CT molecular complexity index is 878. The van der Waals surface area contributed by atoms with E-state index in [0.717, 1.165) is 12.8 Å². The maximum Gasteiger partial charge on any atom is 0.290 e. The second-order valence-electron chi connectivity index (χ2n) is 6.79. The van der Waals surface area contributed by atoms with Crippen molar-refractivity contribution in [3.05, 3.63) is 35.9 Å². The van der Waals surface area contributed by atoms with Gasteiger partial charge in [0.1, 0.15) is 0 Å². The molecule has 1 N–H and O–H groups in total. The Balaban J connectivity index is 1.60. The number of rotatable bonds is 3. The number of nitrogens with one attached hydrogen (secondary N) is 1. The van der Waals surface area contributed by atoms with E-state index in [2.05, 4.69) is 10.3 Å². The first-order valence-electron chi connectivity index (χ1n) is 8.87. The number of hydrogen-bond acceptors (Lipinski definition) is 4. The second kappa shape index (κ2) is 6.44. The maximum absolute atomic E-state index is 13.0. The van der Waals surface area contributed by atoms with Gasteiger partial charge in [0, 0.05) is 45.3 Å². The van der Waals surface area contributed by atoms with Gasteiger partial charge in [0.25, 0.3) is 11.8 Å². The van der Waals surface area contributed by atoms with Crippen LogP contribution in [0.25, 0.3) is 5.52 Å². The Morgan fingerprint density at radius 2 is 1.77 bits per heavy atom. The Morgan fingerprint density at radius 3 is 2.42 bits per heavy atom. The number of imidazole rings is 1. The second-order valence-corrected chi connectivity index (χ2v) is 6.79. The number of carbonyl (C=O) groups excluding carboxylic acids is 3. The van der Waals surface area contributed by atoms with Crippen molar-refractivity contribution in [2.75, 3.05) is 26.2 Å². The van der Waals surface area contributed by atoms with Gasteiger partial charge in [-0.3, -0.25) is 18.8 Å². The highest BCUT2D eigenvalue weighted by molar-refractivity contribution is 6.02. The summed E-state index contributed by atoms with van der Waals surface area (Å²) >= 11 is 0. The molecule has 0 unspecified atom stereocenters. The average molecular weight is 355 g/mol. The summed E-state index contributed by atoms with van der Waals surface area (Å²) < 4.78 is 1.67. The van der Waals surface area contributed by atoms with Gasteiger partial charge in [-0.1, -0.05) is 6.07 Å². The van der Waals surface area contributed by atoms with Crippen LogP contribution in [0.4, 0.5) is 0 Å². The number of hydrogen-bond donors (Lipinski definition) is 1. The van der Waals surface area contributed by atoms with Crippen molar-refractivity contribution in [1.82, 2.24) is 24.5 Å². The summed E-state index contributed by atoms with van der Waals surface area (Å²) in [4.78, 5) is 44.7. The summed E-state index contributed by atoms with van der Waals surface area (Å²) in [6, 6.07) is 5.65. The van der Waals surface area contributed by atoms with Crippen molar-refractivity contribution in [3.8, 4) is 0 Å². The van der Waals surface area contributed by atoms with Crippen LogP contribution in [-0.4, -0.2) is 69.1 Å². The van der Waals surface area contributed by atoms with Gasteiger partial charge in [0.05, 0.1) is 5.52 Å². The van der Waals surface area contributed by atoms with E-state index in [0.29, 0.717) is 31.7 Å². The summed E-state index contributed by atoms with van der Waals surface area (Å²) in [7, 11) is 0. The molecule has 0 bridgehead atoms. The highest BCUT2D eigenvalue weighted by atomic mass is 16.2. The molecule has 8 nitrogen and oxygen atoms in total. The predicted octanol–water partition coefficient (Wildman–Crippen LogP) is 0.531. The molecular formula is C18H21N5O3. The molecule has 4 rings (SSSR count). The van der Waals surface area contributed by atoms with Gasteiger partial charge in [0.15, 0.2) is 5.69 Å². The van der Waals surface area contributed by atoms with Crippen LogP contribution in [0.1, 0.15) is 40.9 Å². The van der Waals surface area contributed by atoms with E-state index in [9.17, 15) is 14.4 Å². The molecule has 1 saturated heterocycles. The lowest BCUT2D eigenvalue weighted by Gasteiger charge is -2.33. The minimum absolute atomic E-state index is 0.0161. The molecule has 0 atom stereocenters. The van der Waals surface area contributed by atoms with E-state index in [4.69, 9.17) is 0 Å². The van der Waals surface area contributed by atoms with Crippen molar-refractivity contribution in [2.45, 2.75) is 25.8 Å². The minimum Gasteiger partial charge on any atom is -0.348 e. The molecule has 1 aliphatic heterocycles. The summed E-state index contributed by atoms with van der Waals surface area (Å²) in [6.45, 7) is 3.48. The monoisotopic (exact) mass is 355 g/mol. The number of aromatic nitrogens is 2. The smallest absolute Gasteiger partial charge is 0.290 e. The number of pyridine rings is 1. The Morgan fingerprint density at radius 1 is 1.08 bits per heavy atom. The third-order valence-electron chi connectivity index (χ3n) is 4.88. The van der Waals surface area contributed by atoms with Crippen LogP contribution in [0.15, 0.2) is 24.4 Å². The van der Waals surface area contributed by atoms with Crippen molar-refractivity contribution in [2.24, 2.45) is 0 Å². The normalized spacial score (nSPS) is 17.4. The van der Waals surface area contributed by atoms with Crippen LogP contribution < -0.4 is 5.32 Å². The third-order valence-corrected chi connectivity index (χ3v) is 4.88. The molecule has 136 valence electrons. The summed E-state index contributed by atoms with van der Waals surface area (Å²) in [5.41, 5.74) is 0.902. The van der Waals surface area contributed by atoms with Gasteiger partial charge in [-0.2, -0.15) is 0 Å². The first kappa shape index (κ1) is 16.6. The molecule has 1 saturated carbocycles. The Hall–Kier alpha value is -2.90. The summed E-state index contributed by atoms with van der Waals surface area (Å²) in [6.07, 6.45) is 3.72.